The van der Waals surface area contributed by atoms with Crippen LogP contribution >= 0.6 is 7.82 Å². The second kappa shape index (κ2) is 41.8. The normalized spacial score (nSPS) is 15.3. The van der Waals surface area contributed by atoms with Gasteiger partial charge in [0.25, 0.3) is 7.82 Å². The molecule has 1 N–H and O–H groups in total. The third-order valence-electron chi connectivity index (χ3n) is 8.46. The van der Waals surface area contributed by atoms with E-state index in [1.54, 1.807) is 24.3 Å². The van der Waals surface area contributed by atoms with Crippen molar-refractivity contribution in [1.82, 2.24) is 0 Å². The summed E-state index contributed by atoms with van der Waals surface area (Å²) in [7, 11) is 0.987. The molecule has 11 heteroatoms. The van der Waals surface area contributed by atoms with Gasteiger partial charge in [0.05, 0.1) is 33.9 Å². The highest BCUT2D eigenvalue weighted by atomic mass is 31.2. The van der Waals surface area contributed by atoms with Gasteiger partial charge >= 0.3 is 11.9 Å². The highest BCUT2D eigenvalue weighted by Crippen LogP contribution is 2.38. The number of phosphoric acid groups is 1. The molecular formula is C52H80NO9P. The minimum atomic E-state index is -4.70. The number of quaternary nitrogens is 1. The Hall–Kier alpha value is -4.15. The summed E-state index contributed by atoms with van der Waals surface area (Å²) in [5, 5.41) is 10.2. The molecule has 2 unspecified atom stereocenters. The number of hydrogen-bond acceptors (Lipinski definition) is 9. The Bertz CT molecular complexity index is 1590. The van der Waals surface area contributed by atoms with E-state index in [4.69, 9.17) is 18.5 Å². The summed E-state index contributed by atoms with van der Waals surface area (Å²) in [6.45, 7) is 3.66. The van der Waals surface area contributed by atoms with E-state index in [2.05, 4.69) is 111 Å². The highest BCUT2D eigenvalue weighted by Gasteiger charge is 2.21. The molecule has 0 saturated carbocycles. The highest BCUT2D eigenvalue weighted by molar-refractivity contribution is 7.45. The Labute approximate surface area is 381 Å². The summed E-state index contributed by atoms with van der Waals surface area (Å²) >= 11 is 0. The molecule has 0 aromatic carbocycles. The van der Waals surface area contributed by atoms with Crippen LogP contribution in [0.5, 0.6) is 0 Å². The number of esters is 2. The lowest BCUT2D eigenvalue weighted by Gasteiger charge is -2.28. The number of ether oxygens (including phenoxy) is 2. The molecule has 0 bridgehead atoms. The molecular weight excluding hydrogens is 814 g/mol. The minimum absolute atomic E-state index is 0.00739. The van der Waals surface area contributed by atoms with Gasteiger partial charge in [0.1, 0.15) is 19.8 Å². The maximum Gasteiger partial charge on any atom is 0.306 e. The summed E-state index contributed by atoms with van der Waals surface area (Å²) in [5.74, 6) is -1.13. The molecule has 0 rings (SSSR count). The van der Waals surface area contributed by atoms with Crippen molar-refractivity contribution < 1.29 is 47.2 Å². The molecule has 0 amide bonds. The third kappa shape index (κ3) is 45.7. The van der Waals surface area contributed by atoms with Crippen molar-refractivity contribution in [2.24, 2.45) is 0 Å². The quantitative estimate of drug-likeness (QED) is 0.0211. The summed E-state index contributed by atoms with van der Waals surface area (Å²) in [4.78, 5) is 37.6. The lowest BCUT2D eigenvalue weighted by molar-refractivity contribution is -0.870. The maximum absolute atomic E-state index is 12.7. The van der Waals surface area contributed by atoms with Crippen LogP contribution in [-0.4, -0.2) is 81.2 Å². The van der Waals surface area contributed by atoms with Gasteiger partial charge in [0.2, 0.25) is 0 Å². The number of rotatable bonds is 38. The van der Waals surface area contributed by atoms with E-state index in [-0.39, 0.29) is 26.1 Å². The predicted molar refractivity (Wildman–Crippen MR) is 260 cm³/mol. The fraction of sp³-hybridized carbons (Fsp3) is 0.500. The SMILES string of the molecule is CC/C=C\C/C=C\C/C=C\C/C=C\C=C/C(O)C/C=C\CCC(=O)O[C@H](COC(=O)CC/C=C\C/C=C\C/C=C\C/C=C\C/C=C\C/C=C\CC)COP(=O)([O-])OCC[N+](C)(C)C. The number of likely N-dealkylation sites (N-methyl/N-ethyl adjacent to an activating group) is 1. The number of nitrogens with zero attached hydrogens (tertiary/aromatic N) is 1. The van der Waals surface area contributed by atoms with Crippen LogP contribution in [0.4, 0.5) is 0 Å². The molecule has 352 valence electrons. The van der Waals surface area contributed by atoms with Crippen molar-refractivity contribution in [2.45, 2.75) is 122 Å². The zero-order valence-electron chi connectivity index (χ0n) is 39.1. The monoisotopic (exact) mass is 894 g/mol. The number of aliphatic hydroxyl groups is 1. The molecule has 63 heavy (non-hydrogen) atoms. The minimum Gasteiger partial charge on any atom is -0.756 e. The fourth-order valence-electron chi connectivity index (χ4n) is 4.96. The van der Waals surface area contributed by atoms with Gasteiger partial charge in [-0.15, -0.1) is 0 Å². The molecule has 0 spiro atoms. The van der Waals surface area contributed by atoms with E-state index in [1.165, 1.54) is 0 Å². The average molecular weight is 894 g/mol. The Kier molecular flexibility index (Phi) is 39.1. The Morgan fingerprint density at radius 2 is 1.00 bits per heavy atom. The molecule has 0 saturated heterocycles. The van der Waals surface area contributed by atoms with Crippen molar-refractivity contribution >= 4 is 19.8 Å². The van der Waals surface area contributed by atoms with Crippen LogP contribution in [0.25, 0.3) is 0 Å². The topological polar surface area (TPSA) is 131 Å². The molecule has 0 fully saturated rings. The van der Waals surface area contributed by atoms with Crippen LogP contribution in [0.1, 0.15) is 110 Å². The van der Waals surface area contributed by atoms with E-state index in [9.17, 15) is 24.2 Å². The fourth-order valence-corrected chi connectivity index (χ4v) is 5.69. The van der Waals surface area contributed by atoms with Gasteiger partial charge in [-0.2, -0.15) is 0 Å². The molecule has 0 aromatic rings. The lowest BCUT2D eigenvalue weighted by Crippen LogP contribution is -2.37. The number of hydrogen-bond donors (Lipinski definition) is 1. The molecule has 0 heterocycles. The van der Waals surface area contributed by atoms with E-state index in [1.807, 2.05) is 45.4 Å². The van der Waals surface area contributed by atoms with Crippen LogP contribution in [0.3, 0.4) is 0 Å². The van der Waals surface area contributed by atoms with Crippen molar-refractivity contribution in [3.63, 3.8) is 0 Å². The Morgan fingerprint density at radius 1 is 0.571 bits per heavy atom. The second-order valence-corrected chi connectivity index (χ2v) is 16.9. The first-order chi connectivity index (χ1) is 30.4. The number of carbonyl (C=O) groups is 2. The summed E-state index contributed by atoms with van der Waals surface area (Å²) in [5.41, 5.74) is 0. The summed E-state index contributed by atoms with van der Waals surface area (Å²) in [6, 6.07) is 0. The zero-order chi connectivity index (χ0) is 46.5. The third-order valence-corrected chi connectivity index (χ3v) is 9.43. The summed E-state index contributed by atoms with van der Waals surface area (Å²) < 4.78 is 33.6. The van der Waals surface area contributed by atoms with Crippen LogP contribution in [-0.2, 0) is 32.7 Å². The van der Waals surface area contributed by atoms with Gasteiger partial charge in [-0.05, 0) is 83.5 Å². The van der Waals surface area contributed by atoms with E-state index < -0.39 is 38.6 Å². The first-order valence-corrected chi connectivity index (χ1v) is 24.1. The van der Waals surface area contributed by atoms with Gasteiger partial charge in [0, 0.05) is 12.8 Å². The van der Waals surface area contributed by atoms with Crippen molar-refractivity contribution in [3.05, 3.63) is 146 Å². The smallest absolute Gasteiger partial charge is 0.306 e. The number of carbonyl (C=O) groups excluding carboxylic acids is 2. The average Bonchev–Trinajstić information content (AvgIpc) is 3.23. The van der Waals surface area contributed by atoms with Crippen LogP contribution in [0.15, 0.2) is 146 Å². The van der Waals surface area contributed by atoms with Crippen LogP contribution in [0.2, 0.25) is 0 Å². The molecule has 0 aromatic heterocycles. The molecule has 0 aliphatic carbocycles. The second-order valence-electron chi connectivity index (χ2n) is 15.5. The molecule has 10 nitrogen and oxygen atoms in total. The van der Waals surface area contributed by atoms with E-state index in [0.29, 0.717) is 30.3 Å². The van der Waals surface area contributed by atoms with E-state index >= 15 is 0 Å². The van der Waals surface area contributed by atoms with Crippen molar-refractivity contribution in [3.8, 4) is 0 Å². The molecule has 0 radical (unpaired) electrons. The zero-order valence-corrected chi connectivity index (χ0v) is 39.9. The predicted octanol–water partition coefficient (Wildman–Crippen LogP) is 11.6. The molecule has 0 aliphatic rings. The Balaban J connectivity index is 4.71. The van der Waals surface area contributed by atoms with Gasteiger partial charge in [-0.25, -0.2) is 0 Å². The largest absolute Gasteiger partial charge is 0.756 e. The molecule has 3 atom stereocenters. The van der Waals surface area contributed by atoms with Crippen LogP contribution < -0.4 is 4.89 Å². The lowest BCUT2D eigenvalue weighted by atomic mass is 10.2. The van der Waals surface area contributed by atoms with E-state index in [0.717, 1.165) is 64.2 Å². The number of aliphatic hydroxyl groups excluding tert-OH is 1. The van der Waals surface area contributed by atoms with Gasteiger partial charge in [0.15, 0.2) is 6.10 Å². The van der Waals surface area contributed by atoms with Crippen LogP contribution in [0, 0.1) is 0 Å². The maximum atomic E-state index is 12.7. The van der Waals surface area contributed by atoms with Crippen molar-refractivity contribution in [1.29, 1.82) is 0 Å². The number of phosphoric ester groups is 1. The van der Waals surface area contributed by atoms with Gasteiger partial charge in [-0.1, -0.05) is 160 Å². The van der Waals surface area contributed by atoms with Gasteiger partial charge < -0.3 is 33.0 Å². The summed E-state index contributed by atoms with van der Waals surface area (Å²) in [6.07, 6.45) is 57.9. The first kappa shape index (κ1) is 58.9. The number of allylic oxidation sites excluding steroid dienone is 22. The Morgan fingerprint density at radius 3 is 1.48 bits per heavy atom. The standard InChI is InChI=1S/C52H80NO9P/c1-6-8-10-12-14-16-18-20-21-22-23-24-25-27-29-31-33-35-39-43-51(55)59-47-50(48-61-63(57,58)60-46-45-53(3,4)5)62-52(56)44-40-36-38-42-49(54)41-37-34-32-30-28-26-19-17-15-13-11-9-7-2/h8-11,14-17,20-21,23-24,26-29,32-38,41,49-50,54H,6-7,12-13,18-19,22,25,30-31,39-40,42-48H2,1-5H3/b10-8-,11-9-,16-14-,17-15-,21-20-,24-23-,28-26-,29-27-,34-32-,35-33-,38-36-,41-37-/t49?,50-/m1/s1. The first-order valence-electron chi connectivity index (χ1n) is 22.7. The van der Waals surface area contributed by atoms with Gasteiger partial charge in [-0.3, -0.25) is 14.2 Å². The molecule has 0 aliphatic heterocycles. The van der Waals surface area contributed by atoms with Crippen molar-refractivity contribution in [2.75, 3.05) is 47.5 Å².